The van der Waals surface area contributed by atoms with Gasteiger partial charge in [0.15, 0.2) is 6.10 Å². The second kappa shape index (κ2) is 5.16. The average Bonchev–Trinajstić information content (AvgIpc) is 2.81. The van der Waals surface area contributed by atoms with Crippen LogP contribution in [0, 0.1) is 0 Å². The van der Waals surface area contributed by atoms with Gasteiger partial charge < -0.3 is 19.7 Å². The molecule has 0 aliphatic carbocycles. The van der Waals surface area contributed by atoms with Gasteiger partial charge in [-0.15, -0.1) is 0 Å². The number of carboxylic acid groups (broad SMARTS) is 1. The Hall–Kier alpha value is -1.59. The Labute approximate surface area is 98.6 Å². The Balaban J connectivity index is 2.17. The van der Waals surface area contributed by atoms with Gasteiger partial charge in [-0.3, -0.25) is 0 Å². The molecule has 1 aromatic carbocycles. The van der Waals surface area contributed by atoms with Crippen LogP contribution in [-0.4, -0.2) is 35.5 Å². The van der Waals surface area contributed by atoms with Crippen LogP contribution >= 0.6 is 0 Å². The summed E-state index contributed by atoms with van der Waals surface area (Å²) >= 11 is 0. The Morgan fingerprint density at radius 2 is 2.24 bits per heavy atom. The molecule has 1 aliphatic rings. The quantitative estimate of drug-likeness (QED) is 0.817. The summed E-state index contributed by atoms with van der Waals surface area (Å²) in [6, 6.07) is 6.60. The molecule has 17 heavy (non-hydrogen) atoms. The third-order valence-corrected chi connectivity index (χ3v) is 2.63. The highest BCUT2D eigenvalue weighted by Gasteiger charge is 2.23. The molecule has 0 aromatic heterocycles. The zero-order chi connectivity index (χ0) is 12.3. The van der Waals surface area contributed by atoms with Crippen molar-refractivity contribution in [3.05, 3.63) is 29.8 Å². The number of aliphatic carboxylic acids is 1. The summed E-state index contributed by atoms with van der Waals surface area (Å²) in [5.74, 6) is -0.887. The van der Waals surface area contributed by atoms with E-state index in [0.29, 0.717) is 19.0 Å². The van der Waals surface area contributed by atoms with Gasteiger partial charge in [0.05, 0.1) is 13.2 Å². The molecule has 0 spiro atoms. The average molecular weight is 238 g/mol. The molecule has 0 radical (unpaired) electrons. The van der Waals surface area contributed by atoms with Crippen molar-refractivity contribution in [1.82, 2.24) is 0 Å². The van der Waals surface area contributed by atoms with Gasteiger partial charge in [0.25, 0.3) is 0 Å². The van der Waals surface area contributed by atoms with E-state index in [9.17, 15) is 9.90 Å². The molecule has 1 aliphatic heterocycles. The lowest BCUT2D eigenvalue weighted by Crippen LogP contribution is -2.18. The largest absolute Gasteiger partial charge is 0.488 e. The maximum Gasteiger partial charge on any atom is 0.337 e. The molecule has 2 atom stereocenters. The minimum absolute atomic E-state index is 0.0721. The maximum atomic E-state index is 10.8. The van der Waals surface area contributed by atoms with Crippen molar-refractivity contribution in [3.63, 3.8) is 0 Å². The van der Waals surface area contributed by atoms with Crippen molar-refractivity contribution < 1.29 is 24.5 Å². The van der Waals surface area contributed by atoms with Gasteiger partial charge in [-0.25, -0.2) is 4.79 Å². The molecule has 2 N–H and O–H groups in total. The highest BCUT2D eigenvalue weighted by atomic mass is 16.5. The lowest BCUT2D eigenvalue weighted by molar-refractivity contribution is -0.147. The van der Waals surface area contributed by atoms with E-state index >= 15 is 0 Å². The lowest BCUT2D eigenvalue weighted by atomic mass is 10.1. The van der Waals surface area contributed by atoms with Crippen molar-refractivity contribution in [2.75, 3.05) is 13.2 Å². The Morgan fingerprint density at radius 1 is 1.47 bits per heavy atom. The third kappa shape index (κ3) is 2.75. The minimum atomic E-state index is -1.56. The zero-order valence-corrected chi connectivity index (χ0v) is 9.20. The number of benzene rings is 1. The number of hydrogen-bond acceptors (Lipinski definition) is 4. The fourth-order valence-corrected chi connectivity index (χ4v) is 1.73. The number of hydrogen-bond donors (Lipinski definition) is 2. The van der Waals surface area contributed by atoms with E-state index in [-0.39, 0.29) is 11.7 Å². The highest BCUT2D eigenvalue weighted by molar-refractivity contribution is 5.75. The summed E-state index contributed by atoms with van der Waals surface area (Å²) in [7, 11) is 0. The third-order valence-electron chi connectivity index (χ3n) is 2.63. The van der Waals surface area contributed by atoms with E-state index in [1.165, 1.54) is 0 Å². The first kappa shape index (κ1) is 11.9. The Kier molecular flexibility index (Phi) is 3.61. The predicted octanol–water partition coefficient (Wildman–Crippen LogP) is 0.972. The molecule has 1 heterocycles. The summed E-state index contributed by atoms with van der Waals surface area (Å²) in [6.07, 6.45) is -0.858. The summed E-state index contributed by atoms with van der Waals surface area (Å²) in [5, 5.41) is 18.3. The molecule has 92 valence electrons. The number of carboxylic acids is 1. The number of para-hydroxylation sites is 1. The SMILES string of the molecule is O=C(O)C(O)c1ccccc1OC1CCOC1. The van der Waals surface area contributed by atoms with E-state index in [2.05, 4.69) is 0 Å². The van der Waals surface area contributed by atoms with E-state index in [4.69, 9.17) is 14.6 Å². The minimum Gasteiger partial charge on any atom is -0.488 e. The first-order chi connectivity index (χ1) is 8.18. The summed E-state index contributed by atoms with van der Waals surface area (Å²) in [6.45, 7) is 1.14. The number of aliphatic hydroxyl groups excluding tert-OH is 1. The molecule has 0 saturated carbocycles. The number of aliphatic hydroxyl groups is 1. The van der Waals surface area contributed by atoms with Crippen LogP contribution in [0.25, 0.3) is 0 Å². The standard InChI is InChI=1S/C12H14O5/c13-11(12(14)15)9-3-1-2-4-10(9)17-8-5-6-16-7-8/h1-4,8,11,13H,5-7H2,(H,14,15). The molecular weight excluding hydrogens is 224 g/mol. The van der Waals surface area contributed by atoms with Crippen LogP contribution in [0.4, 0.5) is 0 Å². The van der Waals surface area contributed by atoms with Gasteiger partial charge >= 0.3 is 5.97 Å². The molecular formula is C12H14O5. The van der Waals surface area contributed by atoms with Gasteiger partial charge in [-0.2, -0.15) is 0 Å². The van der Waals surface area contributed by atoms with Crippen LogP contribution in [0.1, 0.15) is 18.1 Å². The van der Waals surface area contributed by atoms with Crippen LogP contribution in [-0.2, 0) is 9.53 Å². The Bertz CT molecular complexity index is 398. The molecule has 5 heteroatoms. The zero-order valence-electron chi connectivity index (χ0n) is 9.20. The topological polar surface area (TPSA) is 76.0 Å². The number of rotatable bonds is 4. The number of carbonyl (C=O) groups is 1. The Morgan fingerprint density at radius 3 is 2.88 bits per heavy atom. The molecule has 0 amide bonds. The van der Waals surface area contributed by atoms with Crippen LogP contribution in [0.3, 0.4) is 0 Å². The highest BCUT2D eigenvalue weighted by Crippen LogP contribution is 2.27. The summed E-state index contributed by atoms with van der Waals surface area (Å²) < 4.78 is 10.8. The van der Waals surface area contributed by atoms with Crippen molar-refractivity contribution in [3.8, 4) is 5.75 Å². The van der Waals surface area contributed by atoms with Crippen molar-refractivity contribution >= 4 is 5.97 Å². The van der Waals surface area contributed by atoms with E-state index < -0.39 is 12.1 Å². The summed E-state index contributed by atoms with van der Waals surface area (Å²) in [4.78, 5) is 10.8. The summed E-state index contributed by atoms with van der Waals surface area (Å²) in [5.41, 5.74) is 0.270. The van der Waals surface area contributed by atoms with Gasteiger partial charge in [-0.1, -0.05) is 18.2 Å². The second-order valence-corrected chi connectivity index (χ2v) is 3.88. The van der Waals surface area contributed by atoms with E-state index in [0.717, 1.165) is 6.42 Å². The van der Waals surface area contributed by atoms with Crippen LogP contribution in [0.2, 0.25) is 0 Å². The van der Waals surface area contributed by atoms with Gasteiger partial charge in [-0.05, 0) is 6.07 Å². The fourth-order valence-electron chi connectivity index (χ4n) is 1.73. The maximum absolute atomic E-state index is 10.8. The van der Waals surface area contributed by atoms with Crippen LogP contribution in [0.15, 0.2) is 24.3 Å². The van der Waals surface area contributed by atoms with E-state index in [1.54, 1.807) is 24.3 Å². The fraction of sp³-hybridized carbons (Fsp3) is 0.417. The monoisotopic (exact) mass is 238 g/mol. The van der Waals surface area contributed by atoms with Gasteiger partial charge in [0.2, 0.25) is 0 Å². The van der Waals surface area contributed by atoms with Crippen molar-refractivity contribution in [1.29, 1.82) is 0 Å². The van der Waals surface area contributed by atoms with Crippen molar-refractivity contribution in [2.24, 2.45) is 0 Å². The van der Waals surface area contributed by atoms with Gasteiger partial charge in [0.1, 0.15) is 11.9 Å². The number of ether oxygens (including phenoxy) is 2. The first-order valence-electron chi connectivity index (χ1n) is 5.42. The molecule has 0 bridgehead atoms. The molecule has 1 saturated heterocycles. The smallest absolute Gasteiger partial charge is 0.337 e. The molecule has 2 unspecified atom stereocenters. The molecule has 2 rings (SSSR count). The lowest BCUT2D eigenvalue weighted by Gasteiger charge is -2.16. The predicted molar refractivity (Wildman–Crippen MR) is 58.9 cm³/mol. The van der Waals surface area contributed by atoms with Crippen LogP contribution < -0.4 is 4.74 Å². The molecule has 1 aromatic rings. The second-order valence-electron chi connectivity index (χ2n) is 3.88. The van der Waals surface area contributed by atoms with Crippen molar-refractivity contribution in [2.45, 2.75) is 18.6 Å². The van der Waals surface area contributed by atoms with Crippen LogP contribution in [0.5, 0.6) is 5.75 Å². The van der Waals surface area contributed by atoms with Gasteiger partial charge in [0, 0.05) is 12.0 Å². The normalized spacial score (nSPS) is 21.1. The van der Waals surface area contributed by atoms with E-state index in [1.807, 2.05) is 0 Å². The molecule has 1 fully saturated rings. The molecule has 5 nitrogen and oxygen atoms in total. The first-order valence-corrected chi connectivity index (χ1v) is 5.42.